The number of nitrogens with zero attached hydrogens (tertiary/aromatic N) is 2. The van der Waals surface area contributed by atoms with Gasteiger partial charge < -0.3 is 9.80 Å². The summed E-state index contributed by atoms with van der Waals surface area (Å²) in [5.41, 5.74) is 23.9. The lowest BCUT2D eigenvalue weighted by molar-refractivity contribution is 0.332. The van der Waals surface area contributed by atoms with Gasteiger partial charge in [0.25, 0.3) is 6.71 Å². The zero-order chi connectivity index (χ0) is 47.0. The smallest absolute Gasteiger partial charge is 0.252 e. The summed E-state index contributed by atoms with van der Waals surface area (Å²) in [5.74, 6) is 0. The summed E-state index contributed by atoms with van der Waals surface area (Å²) < 4.78 is 2.74. The average Bonchev–Trinajstić information content (AvgIpc) is 3.62. The Labute approximate surface area is 400 Å². The molecule has 0 amide bonds. The zero-order valence-electron chi connectivity index (χ0n) is 42.9. The van der Waals surface area contributed by atoms with Crippen LogP contribution in [0.5, 0.6) is 0 Å². The van der Waals surface area contributed by atoms with E-state index in [1.807, 2.05) is 11.3 Å². The first kappa shape index (κ1) is 43.8. The van der Waals surface area contributed by atoms with Crippen LogP contribution in [0.1, 0.15) is 167 Å². The molecule has 0 fully saturated rings. The third-order valence-electron chi connectivity index (χ3n) is 17.1. The predicted octanol–water partition coefficient (Wildman–Crippen LogP) is 16.0. The molecule has 0 saturated carbocycles. The summed E-state index contributed by atoms with van der Waals surface area (Å²) in [5, 5.41) is 2.70. The highest BCUT2D eigenvalue weighted by Gasteiger charge is 2.48. The van der Waals surface area contributed by atoms with Gasteiger partial charge in [-0.1, -0.05) is 152 Å². The molecule has 4 aliphatic rings. The Morgan fingerprint density at radius 3 is 1.59 bits per heavy atom. The Balaban J connectivity index is 1.32. The first-order chi connectivity index (χ1) is 30.8. The highest BCUT2D eigenvalue weighted by Crippen LogP contribution is 2.55. The SMILES string of the molecule is Cc1cc(C(C)(C)C)ccc1N1c2cc3c(cc2B2c4ccc5c(sc6ccccc65)c4N(c4cc5c(cc4C)C(C)(C)CCC5(C)C)c4cc(C(C)(C)C)cc1c42)C(C)(C)CCC3(C)C. The van der Waals surface area contributed by atoms with Crippen molar-refractivity contribution in [3.05, 3.63) is 136 Å². The van der Waals surface area contributed by atoms with E-state index >= 15 is 0 Å². The first-order valence-electron chi connectivity index (χ1n) is 25.0. The summed E-state index contributed by atoms with van der Waals surface area (Å²) >= 11 is 1.98. The van der Waals surface area contributed by atoms with E-state index < -0.39 is 0 Å². The summed E-state index contributed by atoms with van der Waals surface area (Å²) in [7, 11) is 0. The minimum absolute atomic E-state index is 0.0460. The lowest BCUT2D eigenvalue weighted by Crippen LogP contribution is -2.62. The molecule has 0 spiro atoms. The van der Waals surface area contributed by atoms with E-state index in [-0.39, 0.29) is 39.2 Å². The molecule has 2 nitrogen and oxygen atoms in total. The molecule has 4 heteroatoms. The highest BCUT2D eigenvalue weighted by molar-refractivity contribution is 7.26. The largest absolute Gasteiger partial charge is 0.311 e. The van der Waals surface area contributed by atoms with E-state index in [4.69, 9.17) is 0 Å². The molecule has 7 aromatic rings. The van der Waals surface area contributed by atoms with Crippen LogP contribution in [0.25, 0.3) is 20.2 Å². The molecule has 0 radical (unpaired) electrons. The minimum atomic E-state index is -0.105. The second-order valence-electron chi connectivity index (χ2n) is 25.7. The van der Waals surface area contributed by atoms with Gasteiger partial charge in [0.2, 0.25) is 0 Å². The zero-order valence-corrected chi connectivity index (χ0v) is 43.7. The highest BCUT2D eigenvalue weighted by atomic mass is 32.1. The van der Waals surface area contributed by atoms with Crippen LogP contribution in [0, 0.1) is 13.8 Å². The van der Waals surface area contributed by atoms with Crippen molar-refractivity contribution in [1.82, 2.24) is 0 Å². The molecule has 0 unspecified atom stereocenters. The quantitative estimate of drug-likeness (QED) is 0.160. The topological polar surface area (TPSA) is 6.48 Å². The van der Waals surface area contributed by atoms with E-state index in [9.17, 15) is 0 Å². The molecule has 6 aromatic carbocycles. The molecular weight excluding hydrogens is 816 g/mol. The number of hydrogen-bond acceptors (Lipinski definition) is 3. The number of rotatable bonds is 2. The number of benzene rings is 6. The van der Waals surface area contributed by atoms with E-state index in [1.54, 1.807) is 0 Å². The van der Waals surface area contributed by atoms with Crippen LogP contribution in [-0.4, -0.2) is 6.71 Å². The summed E-state index contributed by atoms with van der Waals surface area (Å²) in [6, 6.07) is 37.2. The monoisotopic (exact) mass is 887 g/mol. The summed E-state index contributed by atoms with van der Waals surface area (Å²) in [6.07, 6.45) is 4.74. The maximum Gasteiger partial charge on any atom is 0.252 e. The van der Waals surface area contributed by atoms with Crippen molar-refractivity contribution in [3.63, 3.8) is 0 Å². The maximum atomic E-state index is 2.77. The van der Waals surface area contributed by atoms with Gasteiger partial charge in [0, 0.05) is 43.9 Å². The van der Waals surface area contributed by atoms with Crippen LogP contribution < -0.4 is 26.2 Å². The third kappa shape index (κ3) is 6.32. The van der Waals surface area contributed by atoms with Gasteiger partial charge in [0.05, 0.1) is 10.4 Å². The number of fused-ring (bicyclic) bond motifs is 10. The van der Waals surface area contributed by atoms with Gasteiger partial charge in [-0.05, 0) is 169 Å². The maximum absolute atomic E-state index is 2.77. The number of anilines is 6. The van der Waals surface area contributed by atoms with Gasteiger partial charge in [0.1, 0.15) is 0 Å². The van der Waals surface area contributed by atoms with Crippen molar-refractivity contribution in [2.75, 3.05) is 9.80 Å². The van der Waals surface area contributed by atoms with Crippen molar-refractivity contribution in [2.45, 2.75) is 169 Å². The van der Waals surface area contributed by atoms with Crippen molar-refractivity contribution in [3.8, 4) is 0 Å². The van der Waals surface area contributed by atoms with Crippen molar-refractivity contribution in [1.29, 1.82) is 0 Å². The van der Waals surface area contributed by atoms with Gasteiger partial charge in [0.15, 0.2) is 0 Å². The van der Waals surface area contributed by atoms with Crippen LogP contribution >= 0.6 is 11.3 Å². The second kappa shape index (κ2) is 13.9. The number of hydrogen-bond donors (Lipinski definition) is 0. The van der Waals surface area contributed by atoms with Crippen molar-refractivity contribution in [2.24, 2.45) is 0 Å². The van der Waals surface area contributed by atoms with Crippen LogP contribution in [0.15, 0.2) is 91.0 Å². The minimum Gasteiger partial charge on any atom is -0.311 e. The first-order valence-corrected chi connectivity index (χ1v) is 25.8. The fourth-order valence-electron chi connectivity index (χ4n) is 12.6. The molecule has 1 aromatic heterocycles. The van der Waals surface area contributed by atoms with E-state index in [0.717, 1.165) is 0 Å². The van der Waals surface area contributed by atoms with Gasteiger partial charge in [-0.3, -0.25) is 0 Å². The molecule has 0 N–H and O–H groups in total. The Hall–Kier alpha value is -4.80. The van der Waals surface area contributed by atoms with Gasteiger partial charge in [-0.25, -0.2) is 0 Å². The van der Waals surface area contributed by atoms with Crippen LogP contribution in [0.2, 0.25) is 0 Å². The van der Waals surface area contributed by atoms with Crippen molar-refractivity contribution < 1.29 is 0 Å². The Kier molecular flexibility index (Phi) is 9.22. The normalized spacial score (nSPS) is 18.8. The fourth-order valence-corrected chi connectivity index (χ4v) is 13.8. The molecule has 2 aliphatic carbocycles. The molecule has 0 bridgehead atoms. The molecule has 2 aliphatic heterocycles. The Morgan fingerprint density at radius 2 is 1.00 bits per heavy atom. The van der Waals surface area contributed by atoms with Crippen LogP contribution in [0.4, 0.5) is 34.1 Å². The van der Waals surface area contributed by atoms with Crippen LogP contribution in [0.3, 0.4) is 0 Å². The Bertz CT molecular complexity index is 3210. The van der Waals surface area contributed by atoms with Gasteiger partial charge in [-0.15, -0.1) is 11.3 Å². The number of thiophene rings is 1. The van der Waals surface area contributed by atoms with E-state index in [1.165, 1.54) is 141 Å². The molecule has 3 heterocycles. The molecule has 0 atom stereocenters. The fraction of sp³-hybridized carbons (Fsp3) is 0.419. The van der Waals surface area contributed by atoms with E-state index in [2.05, 4.69) is 212 Å². The summed E-state index contributed by atoms with van der Waals surface area (Å²) in [6.45, 7) is 38.9. The van der Waals surface area contributed by atoms with Crippen molar-refractivity contribution >= 4 is 88.7 Å². The third-order valence-corrected chi connectivity index (χ3v) is 18.3. The molecule has 11 rings (SSSR count). The van der Waals surface area contributed by atoms with E-state index in [0.29, 0.717) is 0 Å². The van der Waals surface area contributed by atoms with Gasteiger partial charge >= 0.3 is 0 Å². The molecule has 0 saturated heterocycles. The van der Waals surface area contributed by atoms with Crippen LogP contribution in [-0.2, 0) is 32.5 Å². The Morgan fingerprint density at radius 1 is 0.470 bits per heavy atom. The lowest BCUT2D eigenvalue weighted by Gasteiger charge is -2.48. The average molecular weight is 887 g/mol. The molecule has 66 heavy (non-hydrogen) atoms. The standard InChI is InChI=1S/C62H71BN2S/c1-36-29-38(57(3,4)5)21-24-48(36)64-50-35-45-43(60(11,12)26-28-62(45,15)16)33-47(50)63-46-23-22-41-40-19-17-18-20-53(40)66-56(41)55(46)65(52-32-39(58(6,7)8)31-51(64)54(52)63)49-34-44-42(30-37(49)2)59(9,10)25-27-61(44,13)14/h17-24,29-35H,25-28H2,1-16H3. The molecule has 338 valence electrons. The number of aryl methyl sites for hydroxylation is 2. The second-order valence-corrected chi connectivity index (χ2v) is 26.7. The lowest BCUT2D eigenvalue weighted by atomic mass is 9.33. The summed E-state index contributed by atoms with van der Waals surface area (Å²) in [4.78, 5) is 5.49. The predicted molar refractivity (Wildman–Crippen MR) is 291 cm³/mol. The molecular formula is C62H71BN2S. The van der Waals surface area contributed by atoms with Gasteiger partial charge in [-0.2, -0.15) is 0 Å².